The topological polar surface area (TPSA) is 75.2 Å². The Morgan fingerprint density at radius 3 is 2.46 bits per heavy atom. The quantitative estimate of drug-likeness (QED) is 0.929. The maximum atomic E-state index is 12.6. The van der Waals surface area contributed by atoms with Crippen LogP contribution in [0.3, 0.4) is 0 Å². The normalized spacial score (nSPS) is 16.9. The third kappa shape index (κ3) is 3.54. The van der Waals surface area contributed by atoms with Gasteiger partial charge in [-0.05, 0) is 36.6 Å². The SMILES string of the molecule is C[C@H]1CCN(C(=O)c2nccnc2C(=O)Nc2ccc(Cl)cc2)C1. The van der Waals surface area contributed by atoms with Gasteiger partial charge in [-0.1, -0.05) is 18.5 Å². The summed E-state index contributed by atoms with van der Waals surface area (Å²) >= 11 is 5.83. The van der Waals surface area contributed by atoms with E-state index in [2.05, 4.69) is 22.2 Å². The number of carbonyl (C=O) groups excluding carboxylic acids is 2. The lowest BCUT2D eigenvalue weighted by atomic mass is 10.2. The zero-order valence-corrected chi connectivity index (χ0v) is 14.0. The second-order valence-corrected chi connectivity index (χ2v) is 6.30. The van der Waals surface area contributed by atoms with E-state index in [0.29, 0.717) is 29.7 Å². The number of nitrogens with one attached hydrogen (secondary N) is 1. The van der Waals surface area contributed by atoms with Gasteiger partial charge >= 0.3 is 0 Å². The molecule has 2 aromatic rings. The number of rotatable bonds is 3. The van der Waals surface area contributed by atoms with E-state index >= 15 is 0 Å². The van der Waals surface area contributed by atoms with Gasteiger partial charge in [-0.15, -0.1) is 0 Å². The van der Waals surface area contributed by atoms with E-state index in [4.69, 9.17) is 11.6 Å². The first-order valence-electron chi connectivity index (χ1n) is 7.72. The van der Waals surface area contributed by atoms with Crippen LogP contribution in [0.1, 0.15) is 34.3 Å². The minimum absolute atomic E-state index is 0.0250. The zero-order valence-electron chi connectivity index (χ0n) is 13.2. The summed E-state index contributed by atoms with van der Waals surface area (Å²) in [5, 5.41) is 3.28. The third-order valence-electron chi connectivity index (χ3n) is 3.93. The minimum atomic E-state index is -0.471. The molecule has 124 valence electrons. The number of nitrogens with zero attached hydrogens (tertiary/aromatic N) is 3. The number of carbonyl (C=O) groups is 2. The fourth-order valence-electron chi connectivity index (χ4n) is 2.65. The molecule has 2 amide bonds. The molecule has 1 N–H and O–H groups in total. The lowest BCUT2D eigenvalue weighted by Crippen LogP contribution is -2.32. The molecule has 1 fully saturated rings. The number of amides is 2. The molecular weight excluding hydrogens is 328 g/mol. The molecule has 1 aliphatic rings. The molecule has 1 aliphatic heterocycles. The molecule has 0 unspecified atom stereocenters. The molecule has 1 aromatic carbocycles. The Morgan fingerprint density at radius 2 is 1.83 bits per heavy atom. The van der Waals surface area contributed by atoms with Crippen molar-refractivity contribution in [1.82, 2.24) is 14.9 Å². The standard InChI is InChI=1S/C17H17ClN4O2/c1-11-6-9-22(10-11)17(24)15-14(19-7-8-20-15)16(23)21-13-4-2-12(18)3-5-13/h2-5,7-8,11H,6,9-10H2,1H3,(H,21,23)/t11-/m0/s1. The average Bonchev–Trinajstić information content (AvgIpc) is 3.02. The van der Waals surface area contributed by atoms with Gasteiger partial charge < -0.3 is 10.2 Å². The average molecular weight is 345 g/mol. The van der Waals surface area contributed by atoms with Crippen LogP contribution in [0.25, 0.3) is 0 Å². The molecular formula is C17H17ClN4O2. The van der Waals surface area contributed by atoms with Crippen molar-refractivity contribution >= 4 is 29.1 Å². The summed E-state index contributed by atoms with van der Waals surface area (Å²) in [5.41, 5.74) is 0.679. The molecule has 0 bridgehead atoms. The Balaban J connectivity index is 1.81. The number of hydrogen-bond acceptors (Lipinski definition) is 4. The van der Waals surface area contributed by atoms with Gasteiger partial charge in [-0.25, -0.2) is 9.97 Å². The van der Waals surface area contributed by atoms with Crippen LogP contribution in [0, 0.1) is 5.92 Å². The Morgan fingerprint density at radius 1 is 1.17 bits per heavy atom. The van der Waals surface area contributed by atoms with Crippen molar-refractivity contribution in [1.29, 1.82) is 0 Å². The molecule has 1 atom stereocenters. The Labute approximate surface area is 144 Å². The van der Waals surface area contributed by atoms with E-state index in [-0.39, 0.29) is 17.3 Å². The van der Waals surface area contributed by atoms with Crippen molar-refractivity contribution in [3.63, 3.8) is 0 Å². The number of anilines is 1. The van der Waals surface area contributed by atoms with Gasteiger partial charge in [-0.2, -0.15) is 0 Å². The number of hydrogen-bond donors (Lipinski definition) is 1. The maximum absolute atomic E-state index is 12.6. The van der Waals surface area contributed by atoms with Crippen LogP contribution in [0.2, 0.25) is 5.02 Å². The van der Waals surface area contributed by atoms with E-state index in [9.17, 15) is 9.59 Å². The van der Waals surface area contributed by atoms with Gasteiger partial charge in [-0.3, -0.25) is 9.59 Å². The van der Waals surface area contributed by atoms with Gasteiger partial charge in [0.15, 0.2) is 11.4 Å². The Bertz CT molecular complexity index is 763. The van der Waals surface area contributed by atoms with E-state index in [0.717, 1.165) is 6.42 Å². The molecule has 0 spiro atoms. The molecule has 24 heavy (non-hydrogen) atoms. The van der Waals surface area contributed by atoms with Crippen molar-refractivity contribution in [2.75, 3.05) is 18.4 Å². The summed E-state index contributed by atoms with van der Waals surface area (Å²) in [6.07, 6.45) is 3.78. The summed E-state index contributed by atoms with van der Waals surface area (Å²) in [6, 6.07) is 6.71. The third-order valence-corrected chi connectivity index (χ3v) is 4.18. The van der Waals surface area contributed by atoms with E-state index < -0.39 is 5.91 Å². The van der Waals surface area contributed by atoms with E-state index in [1.165, 1.54) is 12.4 Å². The lowest BCUT2D eigenvalue weighted by Gasteiger charge is -2.16. The van der Waals surface area contributed by atoms with Crippen LogP contribution in [0.4, 0.5) is 5.69 Å². The van der Waals surface area contributed by atoms with Crippen LogP contribution >= 0.6 is 11.6 Å². The summed E-state index contributed by atoms with van der Waals surface area (Å²) in [5.74, 6) is -0.272. The highest BCUT2D eigenvalue weighted by atomic mass is 35.5. The van der Waals surface area contributed by atoms with Gasteiger partial charge in [0.25, 0.3) is 11.8 Å². The highest BCUT2D eigenvalue weighted by molar-refractivity contribution is 6.30. The highest BCUT2D eigenvalue weighted by Crippen LogP contribution is 2.19. The number of halogens is 1. The summed E-state index contributed by atoms with van der Waals surface area (Å²) < 4.78 is 0. The first-order valence-corrected chi connectivity index (χ1v) is 8.09. The van der Waals surface area contributed by atoms with Gasteiger partial charge in [0, 0.05) is 36.2 Å². The van der Waals surface area contributed by atoms with Crippen molar-refractivity contribution in [3.05, 3.63) is 53.1 Å². The molecule has 1 aromatic heterocycles. The molecule has 1 saturated heterocycles. The molecule has 2 heterocycles. The van der Waals surface area contributed by atoms with Crippen molar-refractivity contribution in [3.8, 4) is 0 Å². The first-order chi connectivity index (χ1) is 11.5. The molecule has 7 heteroatoms. The second-order valence-electron chi connectivity index (χ2n) is 5.86. The van der Waals surface area contributed by atoms with Crippen LogP contribution in [0.15, 0.2) is 36.7 Å². The molecule has 0 saturated carbocycles. The minimum Gasteiger partial charge on any atom is -0.337 e. The fourth-order valence-corrected chi connectivity index (χ4v) is 2.78. The van der Waals surface area contributed by atoms with Gasteiger partial charge in [0.05, 0.1) is 0 Å². The monoisotopic (exact) mass is 344 g/mol. The van der Waals surface area contributed by atoms with Crippen molar-refractivity contribution in [2.45, 2.75) is 13.3 Å². The number of likely N-dealkylation sites (tertiary alicyclic amines) is 1. The van der Waals surface area contributed by atoms with Crippen LogP contribution in [-0.4, -0.2) is 39.8 Å². The Kier molecular flexibility index (Phi) is 4.76. The van der Waals surface area contributed by atoms with Crippen LogP contribution in [-0.2, 0) is 0 Å². The van der Waals surface area contributed by atoms with Crippen molar-refractivity contribution in [2.24, 2.45) is 5.92 Å². The van der Waals surface area contributed by atoms with Crippen molar-refractivity contribution < 1.29 is 9.59 Å². The maximum Gasteiger partial charge on any atom is 0.276 e. The second kappa shape index (κ2) is 6.97. The molecule has 0 aliphatic carbocycles. The molecule has 0 radical (unpaired) electrons. The summed E-state index contributed by atoms with van der Waals surface area (Å²) in [7, 11) is 0. The van der Waals surface area contributed by atoms with Crippen LogP contribution < -0.4 is 5.32 Å². The predicted octanol–water partition coefficient (Wildman–Crippen LogP) is 2.86. The van der Waals surface area contributed by atoms with Gasteiger partial charge in [0.2, 0.25) is 0 Å². The van der Waals surface area contributed by atoms with Gasteiger partial charge in [0.1, 0.15) is 0 Å². The van der Waals surface area contributed by atoms with E-state index in [1.807, 2.05) is 0 Å². The number of benzene rings is 1. The first kappa shape index (κ1) is 16.4. The smallest absolute Gasteiger partial charge is 0.276 e. The lowest BCUT2D eigenvalue weighted by molar-refractivity contribution is 0.0776. The number of aromatic nitrogens is 2. The predicted molar refractivity (Wildman–Crippen MR) is 91.1 cm³/mol. The van der Waals surface area contributed by atoms with Crippen LogP contribution in [0.5, 0.6) is 0 Å². The Hall–Kier alpha value is -2.47. The zero-order chi connectivity index (χ0) is 17.1. The van der Waals surface area contributed by atoms with E-state index in [1.54, 1.807) is 29.2 Å². The molecule has 6 nitrogen and oxygen atoms in total. The summed E-state index contributed by atoms with van der Waals surface area (Å²) in [4.78, 5) is 35.0. The summed E-state index contributed by atoms with van der Waals surface area (Å²) in [6.45, 7) is 3.45. The molecule has 3 rings (SSSR count). The largest absolute Gasteiger partial charge is 0.337 e. The highest BCUT2D eigenvalue weighted by Gasteiger charge is 2.29. The fraction of sp³-hybridized carbons (Fsp3) is 0.294.